The van der Waals surface area contributed by atoms with Gasteiger partial charge in [-0.15, -0.1) is 0 Å². The van der Waals surface area contributed by atoms with Crippen molar-refractivity contribution in [1.82, 2.24) is 0 Å². The molecular weight excluding hydrogens is 352 g/mol. The highest BCUT2D eigenvalue weighted by Gasteiger charge is 2.19. The first-order valence-electron chi connectivity index (χ1n) is 10.3. The largest absolute Gasteiger partial charge is 0.508 e. The molecule has 0 unspecified atom stereocenters. The van der Waals surface area contributed by atoms with E-state index in [0.29, 0.717) is 17.7 Å². The van der Waals surface area contributed by atoms with Crippen LogP contribution in [0.5, 0.6) is 17.2 Å². The van der Waals surface area contributed by atoms with E-state index in [1.165, 1.54) is 44.2 Å². The molecule has 0 saturated carbocycles. The number of rotatable bonds is 11. The zero-order chi connectivity index (χ0) is 20.5. The van der Waals surface area contributed by atoms with Crippen molar-refractivity contribution in [3.05, 3.63) is 53.1 Å². The molecule has 0 aliphatic heterocycles. The van der Waals surface area contributed by atoms with Gasteiger partial charge < -0.3 is 14.9 Å². The number of hydrogen-bond acceptors (Lipinski definition) is 4. The van der Waals surface area contributed by atoms with Gasteiger partial charge in [0.2, 0.25) is 0 Å². The van der Waals surface area contributed by atoms with Crippen LogP contribution in [0.2, 0.25) is 0 Å². The Morgan fingerprint density at radius 2 is 1.61 bits per heavy atom. The SMILES string of the molecule is CCCCCCCCOc1ccc(C(=O)c2cc(O)cc(C(C)C)c2O)cc1. The van der Waals surface area contributed by atoms with Crippen LogP contribution in [0.25, 0.3) is 0 Å². The number of unbranched alkanes of at least 4 members (excludes halogenated alkanes) is 5. The molecule has 0 spiro atoms. The van der Waals surface area contributed by atoms with Gasteiger partial charge in [0.05, 0.1) is 12.2 Å². The third kappa shape index (κ3) is 6.01. The Bertz CT molecular complexity index is 763. The van der Waals surface area contributed by atoms with Crippen LogP contribution < -0.4 is 4.74 Å². The van der Waals surface area contributed by atoms with Crippen molar-refractivity contribution in [2.75, 3.05) is 6.61 Å². The van der Waals surface area contributed by atoms with Crippen LogP contribution in [0.3, 0.4) is 0 Å². The minimum absolute atomic E-state index is 0.00333. The third-order valence-corrected chi connectivity index (χ3v) is 4.87. The number of hydrogen-bond donors (Lipinski definition) is 2. The molecule has 0 amide bonds. The van der Waals surface area contributed by atoms with Crippen molar-refractivity contribution in [2.24, 2.45) is 0 Å². The average molecular weight is 385 g/mol. The predicted octanol–water partition coefficient (Wildman–Crippen LogP) is 6.19. The molecule has 0 saturated heterocycles. The molecule has 0 bridgehead atoms. The van der Waals surface area contributed by atoms with Gasteiger partial charge in [0.1, 0.15) is 17.2 Å². The summed E-state index contributed by atoms with van der Waals surface area (Å²) in [6.45, 7) is 6.69. The van der Waals surface area contributed by atoms with Crippen LogP contribution in [0.1, 0.15) is 86.7 Å². The summed E-state index contributed by atoms with van der Waals surface area (Å²) < 4.78 is 5.75. The van der Waals surface area contributed by atoms with Gasteiger partial charge in [-0.3, -0.25) is 4.79 Å². The molecule has 0 fully saturated rings. The van der Waals surface area contributed by atoms with E-state index >= 15 is 0 Å². The van der Waals surface area contributed by atoms with E-state index in [4.69, 9.17) is 4.74 Å². The van der Waals surface area contributed by atoms with Gasteiger partial charge in [0, 0.05) is 11.1 Å². The average Bonchev–Trinajstić information content (AvgIpc) is 2.68. The second kappa shape index (κ2) is 10.7. The van der Waals surface area contributed by atoms with Crippen molar-refractivity contribution >= 4 is 5.78 Å². The van der Waals surface area contributed by atoms with Gasteiger partial charge in [0.15, 0.2) is 5.78 Å². The first kappa shape index (κ1) is 21.8. The zero-order valence-corrected chi connectivity index (χ0v) is 17.2. The van der Waals surface area contributed by atoms with Gasteiger partial charge in [-0.05, 0) is 48.7 Å². The molecule has 4 nitrogen and oxygen atoms in total. The normalized spacial score (nSPS) is 11.0. The van der Waals surface area contributed by atoms with Crippen molar-refractivity contribution in [1.29, 1.82) is 0 Å². The molecule has 28 heavy (non-hydrogen) atoms. The summed E-state index contributed by atoms with van der Waals surface area (Å²) in [4.78, 5) is 12.8. The molecule has 2 aromatic carbocycles. The summed E-state index contributed by atoms with van der Waals surface area (Å²) in [6, 6.07) is 9.73. The molecule has 2 rings (SSSR count). The highest BCUT2D eigenvalue weighted by Crippen LogP contribution is 2.34. The van der Waals surface area contributed by atoms with Crippen molar-refractivity contribution in [2.45, 2.75) is 65.2 Å². The number of phenols is 2. The molecule has 0 heterocycles. The Balaban J connectivity index is 1.97. The predicted molar refractivity (Wildman–Crippen MR) is 113 cm³/mol. The lowest BCUT2D eigenvalue weighted by molar-refractivity contribution is 0.103. The lowest BCUT2D eigenvalue weighted by Gasteiger charge is -2.13. The Morgan fingerprint density at radius 1 is 0.964 bits per heavy atom. The molecule has 0 radical (unpaired) electrons. The van der Waals surface area contributed by atoms with Gasteiger partial charge >= 0.3 is 0 Å². The maximum atomic E-state index is 12.8. The molecule has 0 aromatic heterocycles. The number of carbonyl (C=O) groups excluding carboxylic acids is 1. The molecular formula is C24H32O4. The second-order valence-electron chi connectivity index (χ2n) is 7.56. The summed E-state index contributed by atoms with van der Waals surface area (Å²) in [5.74, 6) is 0.312. The van der Waals surface area contributed by atoms with E-state index in [1.807, 2.05) is 13.8 Å². The molecule has 152 valence electrons. The Hall–Kier alpha value is -2.49. The summed E-state index contributed by atoms with van der Waals surface area (Å²) in [7, 11) is 0. The maximum Gasteiger partial charge on any atom is 0.196 e. The van der Waals surface area contributed by atoms with Crippen LogP contribution in [0.15, 0.2) is 36.4 Å². The number of ketones is 1. The minimum Gasteiger partial charge on any atom is -0.508 e. The number of carbonyl (C=O) groups is 1. The minimum atomic E-state index is -0.322. The summed E-state index contributed by atoms with van der Waals surface area (Å²) in [6.07, 6.45) is 7.28. The van der Waals surface area contributed by atoms with Gasteiger partial charge in [-0.25, -0.2) is 0 Å². The van der Waals surface area contributed by atoms with Crippen LogP contribution in [-0.4, -0.2) is 22.6 Å². The van der Waals surface area contributed by atoms with E-state index in [9.17, 15) is 15.0 Å². The molecule has 0 aliphatic rings. The fourth-order valence-corrected chi connectivity index (χ4v) is 3.18. The number of ether oxygens (including phenoxy) is 1. The second-order valence-corrected chi connectivity index (χ2v) is 7.56. The Kier molecular flexibility index (Phi) is 8.37. The molecule has 0 atom stereocenters. The number of phenolic OH excluding ortho intramolecular Hbond substituents is 2. The highest BCUT2D eigenvalue weighted by molar-refractivity contribution is 6.11. The lowest BCUT2D eigenvalue weighted by Crippen LogP contribution is -2.04. The van der Waals surface area contributed by atoms with Crippen molar-refractivity contribution in [3.63, 3.8) is 0 Å². The van der Waals surface area contributed by atoms with Crippen molar-refractivity contribution in [3.8, 4) is 17.2 Å². The smallest absolute Gasteiger partial charge is 0.196 e. The van der Waals surface area contributed by atoms with Crippen LogP contribution in [-0.2, 0) is 0 Å². The first-order chi connectivity index (χ1) is 13.4. The van der Waals surface area contributed by atoms with Crippen molar-refractivity contribution < 1.29 is 19.7 Å². The van der Waals surface area contributed by atoms with Gasteiger partial charge in [-0.2, -0.15) is 0 Å². The van der Waals surface area contributed by atoms with E-state index < -0.39 is 0 Å². The molecule has 0 aliphatic carbocycles. The standard InChI is InChI=1S/C24H32O4/c1-4-5-6-7-8-9-14-28-20-12-10-18(11-13-20)23(26)22-16-19(25)15-21(17(2)3)24(22)27/h10-13,15-17,25,27H,4-9,14H2,1-3H3. The molecule has 4 heteroatoms. The van der Waals surface area contributed by atoms with Gasteiger partial charge in [0.25, 0.3) is 0 Å². The summed E-state index contributed by atoms with van der Waals surface area (Å²) >= 11 is 0. The maximum absolute atomic E-state index is 12.8. The van der Waals surface area contributed by atoms with E-state index in [0.717, 1.165) is 12.2 Å². The van der Waals surface area contributed by atoms with E-state index in [-0.39, 0.29) is 28.8 Å². The quantitative estimate of drug-likeness (QED) is 0.275. The third-order valence-electron chi connectivity index (χ3n) is 4.87. The summed E-state index contributed by atoms with van der Waals surface area (Å²) in [5.41, 5.74) is 1.12. The summed E-state index contributed by atoms with van der Waals surface area (Å²) in [5, 5.41) is 20.3. The zero-order valence-electron chi connectivity index (χ0n) is 17.2. The Labute approximate surface area is 168 Å². The number of benzene rings is 2. The fraction of sp³-hybridized carbons (Fsp3) is 0.458. The first-order valence-corrected chi connectivity index (χ1v) is 10.3. The van der Waals surface area contributed by atoms with Crippen LogP contribution >= 0.6 is 0 Å². The number of aromatic hydroxyl groups is 2. The Morgan fingerprint density at radius 3 is 2.25 bits per heavy atom. The topological polar surface area (TPSA) is 66.8 Å². The lowest BCUT2D eigenvalue weighted by atomic mass is 9.94. The van der Waals surface area contributed by atoms with Gasteiger partial charge in [-0.1, -0.05) is 52.9 Å². The highest BCUT2D eigenvalue weighted by atomic mass is 16.5. The monoisotopic (exact) mass is 384 g/mol. The van der Waals surface area contributed by atoms with Crippen LogP contribution in [0, 0.1) is 0 Å². The van der Waals surface area contributed by atoms with Crippen LogP contribution in [0.4, 0.5) is 0 Å². The van der Waals surface area contributed by atoms with E-state index in [1.54, 1.807) is 24.3 Å². The molecule has 2 aromatic rings. The molecule has 2 N–H and O–H groups in total. The van der Waals surface area contributed by atoms with E-state index in [2.05, 4.69) is 6.92 Å². The fourth-order valence-electron chi connectivity index (χ4n) is 3.18.